The van der Waals surface area contributed by atoms with E-state index in [0.717, 1.165) is 6.54 Å². The smallest absolute Gasteiger partial charge is 0.0404 e. The van der Waals surface area contributed by atoms with Crippen LogP contribution < -0.4 is 5.32 Å². The van der Waals surface area contributed by atoms with E-state index in [4.69, 9.17) is 0 Å². The minimum atomic E-state index is 0.236. The Bertz CT molecular complexity index is 408. The Kier molecular flexibility index (Phi) is 2.34. The molecule has 0 aromatic heterocycles. The molecule has 0 amide bonds. The van der Waals surface area contributed by atoms with Crippen LogP contribution in [-0.4, -0.2) is 0 Å². The number of nitrogens with one attached hydrogen (secondary N) is 1. The van der Waals surface area contributed by atoms with Crippen molar-refractivity contribution in [3.63, 3.8) is 0 Å². The van der Waals surface area contributed by atoms with Crippen molar-refractivity contribution in [2.45, 2.75) is 39.7 Å². The summed E-state index contributed by atoms with van der Waals surface area (Å²) in [7, 11) is 0. The van der Waals surface area contributed by atoms with Gasteiger partial charge in [0.05, 0.1) is 0 Å². The Hall–Kier alpha value is -1.24. The van der Waals surface area contributed by atoms with E-state index in [1.54, 1.807) is 0 Å². The Morgan fingerprint density at radius 3 is 2.60 bits per heavy atom. The van der Waals surface area contributed by atoms with E-state index in [-0.39, 0.29) is 5.41 Å². The molecular weight excluding hydrogens is 182 g/mol. The molecule has 1 aliphatic rings. The standard InChI is InChI=1S/C14H19N/c1-10-12-9-15-8-7-11(12)5-6-13(10)14(2,3)4/h5-8,15H,9H2,1-4H3. The first-order valence-corrected chi connectivity index (χ1v) is 5.53. The van der Waals surface area contributed by atoms with Gasteiger partial charge in [-0.1, -0.05) is 32.9 Å². The minimum absolute atomic E-state index is 0.236. The van der Waals surface area contributed by atoms with Gasteiger partial charge in [0.2, 0.25) is 0 Å². The van der Waals surface area contributed by atoms with E-state index in [9.17, 15) is 0 Å². The largest absolute Gasteiger partial charge is 0.387 e. The molecule has 2 rings (SSSR count). The molecule has 0 radical (unpaired) electrons. The van der Waals surface area contributed by atoms with E-state index in [1.165, 1.54) is 22.3 Å². The highest BCUT2D eigenvalue weighted by Gasteiger charge is 2.19. The SMILES string of the molecule is Cc1c(C(C)(C)C)ccc2c1CNC=C2. The van der Waals surface area contributed by atoms with Gasteiger partial charge in [-0.2, -0.15) is 0 Å². The summed E-state index contributed by atoms with van der Waals surface area (Å²) < 4.78 is 0. The van der Waals surface area contributed by atoms with E-state index in [1.807, 2.05) is 6.20 Å². The van der Waals surface area contributed by atoms with Gasteiger partial charge in [0.25, 0.3) is 0 Å². The zero-order valence-corrected chi connectivity index (χ0v) is 10.0. The van der Waals surface area contributed by atoms with Gasteiger partial charge >= 0.3 is 0 Å². The number of fused-ring (bicyclic) bond motifs is 1. The van der Waals surface area contributed by atoms with Gasteiger partial charge in [-0.25, -0.2) is 0 Å². The second kappa shape index (κ2) is 3.41. The highest BCUT2D eigenvalue weighted by molar-refractivity contribution is 5.59. The van der Waals surface area contributed by atoms with Crippen LogP contribution in [0.25, 0.3) is 6.08 Å². The maximum atomic E-state index is 3.28. The first-order valence-electron chi connectivity index (χ1n) is 5.53. The number of benzene rings is 1. The fourth-order valence-corrected chi connectivity index (χ4v) is 2.29. The second-order valence-electron chi connectivity index (χ2n) is 5.27. The molecule has 1 heterocycles. The van der Waals surface area contributed by atoms with Crippen LogP contribution in [0.1, 0.15) is 43.0 Å². The summed E-state index contributed by atoms with van der Waals surface area (Å²) in [6.07, 6.45) is 4.18. The quantitative estimate of drug-likeness (QED) is 0.678. The molecular formula is C14H19N. The zero-order valence-electron chi connectivity index (χ0n) is 10.0. The van der Waals surface area contributed by atoms with Crippen molar-refractivity contribution >= 4 is 6.08 Å². The number of hydrogen-bond acceptors (Lipinski definition) is 1. The molecule has 0 spiro atoms. The van der Waals surface area contributed by atoms with Crippen molar-refractivity contribution in [3.05, 3.63) is 40.6 Å². The molecule has 0 saturated carbocycles. The second-order valence-corrected chi connectivity index (χ2v) is 5.27. The highest BCUT2D eigenvalue weighted by Crippen LogP contribution is 2.30. The summed E-state index contributed by atoms with van der Waals surface area (Å²) >= 11 is 0. The van der Waals surface area contributed by atoms with Gasteiger partial charge in [-0.3, -0.25) is 0 Å². The molecule has 0 saturated heterocycles. The maximum Gasteiger partial charge on any atom is 0.0404 e. The Balaban J connectivity index is 2.58. The van der Waals surface area contributed by atoms with Crippen LogP contribution in [0.4, 0.5) is 0 Å². The normalized spacial score (nSPS) is 14.7. The lowest BCUT2D eigenvalue weighted by molar-refractivity contribution is 0.584. The summed E-state index contributed by atoms with van der Waals surface area (Å²) in [5, 5.41) is 3.28. The molecule has 0 atom stereocenters. The summed E-state index contributed by atoms with van der Waals surface area (Å²) in [5.74, 6) is 0. The predicted octanol–water partition coefficient (Wildman–Crippen LogP) is 3.37. The average Bonchev–Trinajstić information content (AvgIpc) is 2.16. The lowest BCUT2D eigenvalue weighted by Crippen LogP contribution is -2.18. The molecule has 1 heteroatoms. The Morgan fingerprint density at radius 1 is 1.20 bits per heavy atom. The lowest BCUT2D eigenvalue weighted by Gasteiger charge is -2.25. The van der Waals surface area contributed by atoms with Gasteiger partial charge in [0.1, 0.15) is 0 Å². The maximum absolute atomic E-state index is 3.28. The fraction of sp³-hybridized carbons (Fsp3) is 0.429. The van der Waals surface area contributed by atoms with Crippen LogP contribution in [0.3, 0.4) is 0 Å². The third-order valence-corrected chi connectivity index (χ3v) is 3.10. The summed E-state index contributed by atoms with van der Waals surface area (Å²) in [6, 6.07) is 4.50. The molecule has 1 aromatic rings. The van der Waals surface area contributed by atoms with E-state index in [0.29, 0.717) is 0 Å². The summed E-state index contributed by atoms with van der Waals surface area (Å²) in [5.41, 5.74) is 5.94. The van der Waals surface area contributed by atoms with E-state index in [2.05, 4.69) is 51.2 Å². The van der Waals surface area contributed by atoms with Crippen LogP contribution in [0.5, 0.6) is 0 Å². The van der Waals surface area contributed by atoms with Crippen LogP contribution in [0.15, 0.2) is 18.3 Å². The monoisotopic (exact) mass is 201 g/mol. The zero-order chi connectivity index (χ0) is 11.1. The summed E-state index contributed by atoms with van der Waals surface area (Å²) in [6.45, 7) is 10.0. The van der Waals surface area contributed by atoms with Crippen molar-refractivity contribution < 1.29 is 0 Å². The molecule has 1 N–H and O–H groups in total. The van der Waals surface area contributed by atoms with Crippen LogP contribution in [0.2, 0.25) is 0 Å². The third kappa shape index (κ3) is 1.79. The van der Waals surface area contributed by atoms with Crippen LogP contribution in [-0.2, 0) is 12.0 Å². The first kappa shape index (κ1) is 10.3. The summed E-state index contributed by atoms with van der Waals surface area (Å²) in [4.78, 5) is 0. The Labute approximate surface area is 92.2 Å². The van der Waals surface area contributed by atoms with Crippen molar-refractivity contribution in [1.29, 1.82) is 0 Å². The average molecular weight is 201 g/mol. The molecule has 0 unspecified atom stereocenters. The topological polar surface area (TPSA) is 12.0 Å². The van der Waals surface area contributed by atoms with Crippen molar-refractivity contribution in [2.75, 3.05) is 0 Å². The van der Waals surface area contributed by atoms with Crippen molar-refractivity contribution in [3.8, 4) is 0 Å². The molecule has 0 bridgehead atoms. The van der Waals surface area contributed by atoms with Gasteiger partial charge in [0.15, 0.2) is 0 Å². The molecule has 0 fully saturated rings. The first-order chi connectivity index (χ1) is 7.00. The number of hydrogen-bond donors (Lipinski definition) is 1. The van der Waals surface area contributed by atoms with Gasteiger partial charge in [-0.15, -0.1) is 0 Å². The highest BCUT2D eigenvalue weighted by atomic mass is 14.8. The van der Waals surface area contributed by atoms with Crippen LogP contribution in [0, 0.1) is 6.92 Å². The lowest BCUT2D eigenvalue weighted by atomic mass is 9.81. The molecule has 15 heavy (non-hydrogen) atoms. The number of rotatable bonds is 0. The minimum Gasteiger partial charge on any atom is -0.387 e. The fourth-order valence-electron chi connectivity index (χ4n) is 2.29. The molecule has 0 aliphatic carbocycles. The molecule has 1 aromatic carbocycles. The third-order valence-electron chi connectivity index (χ3n) is 3.10. The molecule has 1 aliphatic heterocycles. The van der Waals surface area contributed by atoms with Gasteiger partial charge in [-0.05, 0) is 46.9 Å². The molecule has 80 valence electrons. The van der Waals surface area contributed by atoms with Gasteiger partial charge in [0, 0.05) is 6.54 Å². The Morgan fingerprint density at radius 2 is 1.93 bits per heavy atom. The van der Waals surface area contributed by atoms with E-state index < -0.39 is 0 Å². The van der Waals surface area contributed by atoms with E-state index >= 15 is 0 Å². The van der Waals surface area contributed by atoms with Crippen LogP contribution >= 0.6 is 0 Å². The van der Waals surface area contributed by atoms with Crippen molar-refractivity contribution in [2.24, 2.45) is 0 Å². The predicted molar refractivity (Wildman–Crippen MR) is 65.8 cm³/mol. The van der Waals surface area contributed by atoms with Crippen molar-refractivity contribution in [1.82, 2.24) is 5.32 Å². The molecule has 1 nitrogen and oxygen atoms in total. The van der Waals surface area contributed by atoms with Gasteiger partial charge < -0.3 is 5.32 Å².